The predicted molar refractivity (Wildman–Crippen MR) is 130 cm³/mol. The molecule has 0 fully saturated rings. The van der Waals surface area contributed by atoms with E-state index in [1.807, 2.05) is 66.7 Å². The van der Waals surface area contributed by atoms with E-state index in [0.29, 0.717) is 17.3 Å². The molecule has 0 atom stereocenters. The Balaban J connectivity index is 1.50. The van der Waals surface area contributed by atoms with Gasteiger partial charge >= 0.3 is 0 Å². The topological polar surface area (TPSA) is 88.8 Å². The van der Waals surface area contributed by atoms with E-state index in [1.54, 1.807) is 6.20 Å². The maximum atomic E-state index is 6.51. The highest BCUT2D eigenvalue weighted by Gasteiger charge is 2.17. The highest BCUT2D eigenvalue weighted by molar-refractivity contribution is 5.94. The van der Waals surface area contributed by atoms with Gasteiger partial charge in [-0.05, 0) is 35.4 Å². The Morgan fingerprint density at radius 1 is 0.656 bits per heavy atom. The van der Waals surface area contributed by atoms with Gasteiger partial charge in [0.1, 0.15) is 12.0 Å². The van der Waals surface area contributed by atoms with E-state index in [4.69, 9.17) is 5.73 Å². The second-order valence-corrected chi connectivity index (χ2v) is 7.38. The van der Waals surface area contributed by atoms with Crippen LogP contribution < -0.4 is 16.4 Å². The number of nitrogens with one attached hydrogen (secondary N) is 2. The molecule has 4 N–H and O–H groups in total. The molecule has 0 spiro atoms. The lowest BCUT2D eigenvalue weighted by Gasteiger charge is -2.22. The lowest BCUT2D eigenvalue weighted by atomic mass is 9.99. The number of aromatic nitrogens is 3. The molecule has 3 aromatic carbocycles. The second-order valence-electron chi connectivity index (χ2n) is 7.38. The molecular weight excluding hydrogens is 396 g/mol. The standard InChI is InChI=1S/C26H22N6/c27-23-25(31-22-15-7-14-21-20(22)13-8-16-28-21)29-17-30-26(23)32-24(18-9-3-1-4-10-18)19-11-5-2-6-12-19/h1-17,24H,27H2,(H2,29,30,31,32). The fourth-order valence-electron chi connectivity index (χ4n) is 3.74. The third-order valence-electron chi connectivity index (χ3n) is 5.33. The number of rotatable bonds is 6. The SMILES string of the molecule is Nc1c(Nc2cccc3ncccc23)ncnc1NC(c1ccccc1)c1ccccc1. The van der Waals surface area contributed by atoms with Crippen molar-refractivity contribution in [2.24, 2.45) is 0 Å². The molecule has 156 valence electrons. The number of fused-ring (bicyclic) bond motifs is 1. The number of hydrogen-bond acceptors (Lipinski definition) is 6. The highest BCUT2D eigenvalue weighted by atomic mass is 15.1. The maximum absolute atomic E-state index is 6.51. The molecule has 0 amide bonds. The van der Waals surface area contributed by atoms with Crippen LogP contribution >= 0.6 is 0 Å². The summed E-state index contributed by atoms with van der Waals surface area (Å²) in [4.78, 5) is 13.2. The molecule has 0 aliphatic carbocycles. The van der Waals surface area contributed by atoms with E-state index in [0.717, 1.165) is 27.7 Å². The summed E-state index contributed by atoms with van der Waals surface area (Å²) in [6.07, 6.45) is 3.29. The van der Waals surface area contributed by atoms with Crippen molar-refractivity contribution in [3.63, 3.8) is 0 Å². The molecule has 0 aliphatic rings. The summed E-state index contributed by atoms with van der Waals surface area (Å²) >= 11 is 0. The molecule has 0 saturated carbocycles. The van der Waals surface area contributed by atoms with Gasteiger partial charge in [0.25, 0.3) is 0 Å². The van der Waals surface area contributed by atoms with Gasteiger partial charge < -0.3 is 16.4 Å². The van der Waals surface area contributed by atoms with Gasteiger partial charge in [-0.1, -0.05) is 66.7 Å². The lowest BCUT2D eigenvalue weighted by Crippen LogP contribution is -2.15. The van der Waals surface area contributed by atoms with Gasteiger partial charge in [-0.3, -0.25) is 4.98 Å². The first kappa shape index (κ1) is 19.5. The number of nitrogens with zero attached hydrogens (tertiary/aromatic N) is 3. The second kappa shape index (κ2) is 8.73. The summed E-state index contributed by atoms with van der Waals surface area (Å²) in [5, 5.41) is 7.86. The van der Waals surface area contributed by atoms with Crippen LogP contribution in [0.5, 0.6) is 0 Å². The van der Waals surface area contributed by atoms with Crippen LogP contribution in [0.2, 0.25) is 0 Å². The van der Waals surface area contributed by atoms with E-state index < -0.39 is 0 Å². The first-order valence-electron chi connectivity index (χ1n) is 10.4. The van der Waals surface area contributed by atoms with Crippen LogP contribution in [0.4, 0.5) is 23.0 Å². The summed E-state index contributed by atoms with van der Waals surface area (Å²) in [5.74, 6) is 1.11. The van der Waals surface area contributed by atoms with E-state index in [1.165, 1.54) is 6.33 Å². The van der Waals surface area contributed by atoms with Crippen LogP contribution in [0.25, 0.3) is 10.9 Å². The summed E-state index contributed by atoms with van der Waals surface area (Å²) in [5.41, 5.74) is 11.0. The average Bonchev–Trinajstić information content (AvgIpc) is 2.86. The van der Waals surface area contributed by atoms with E-state index in [-0.39, 0.29) is 6.04 Å². The molecule has 0 aliphatic heterocycles. The summed E-state index contributed by atoms with van der Waals surface area (Å²) in [6.45, 7) is 0. The molecule has 5 aromatic rings. The molecule has 6 nitrogen and oxygen atoms in total. The number of benzene rings is 3. The Kier molecular flexibility index (Phi) is 5.32. The van der Waals surface area contributed by atoms with Crippen LogP contribution in [-0.4, -0.2) is 15.0 Å². The van der Waals surface area contributed by atoms with Crippen molar-refractivity contribution in [3.8, 4) is 0 Å². The number of pyridine rings is 1. The number of hydrogen-bond donors (Lipinski definition) is 3. The average molecular weight is 419 g/mol. The third kappa shape index (κ3) is 3.94. The summed E-state index contributed by atoms with van der Waals surface area (Å²) < 4.78 is 0. The summed E-state index contributed by atoms with van der Waals surface area (Å²) in [6, 6.07) is 30.2. The van der Waals surface area contributed by atoms with Crippen molar-refractivity contribution >= 4 is 33.9 Å². The molecule has 2 aromatic heterocycles. The molecule has 32 heavy (non-hydrogen) atoms. The van der Waals surface area contributed by atoms with Gasteiger partial charge in [-0.25, -0.2) is 9.97 Å². The van der Waals surface area contributed by atoms with Crippen molar-refractivity contribution < 1.29 is 0 Å². The zero-order valence-electron chi connectivity index (χ0n) is 17.3. The van der Waals surface area contributed by atoms with Gasteiger partial charge in [-0.15, -0.1) is 0 Å². The number of anilines is 4. The Hall–Kier alpha value is -4.45. The van der Waals surface area contributed by atoms with Crippen LogP contribution in [0, 0.1) is 0 Å². The molecule has 6 heteroatoms. The van der Waals surface area contributed by atoms with Gasteiger partial charge in [0.15, 0.2) is 11.6 Å². The minimum absolute atomic E-state index is 0.107. The van der Waals surface area contributed by atoms with Gasteiger partial charge in [0, 0.05) is 17.3 Å². The Labute approximate surface area is 186 Å². The molecular formula is C26H22N6. The molecule has 0 bridgehead atoms. The first-order valence-corrected chi connectivity index (χ1v) is 10.4. The fourth-order valence-corrected chi connectivity index (χ4v) is 3.74. The minimum Gasteiger partial charge on any atom is -0.393 e. The zero-order valence-corrected chi connectivity index (χ0v) is 17.3. The van der Waals surface area contributed by atoms with Crippen molar-refractivity contribution in [3.05, 3.63) is 115 Å². The zero-order chi connectivity index (χ0) is 21.8. The van der Waals surface area contributed by atoms with Gasteiger partial charge in [0.2, 0.25) is 0 Å². The van der Waals surface area contributed by atoms with Crippen LogP contribution in [0.3, 0.4) is 0 Å². The van der Waals surface area contributed by atoms with E-state index >= 15 is 0 Å². The normalized spacial score (nSPS) is 10.9. The van der Waals surface area contributed by atoms with Crippen LogP contribution in [-0.2, 0) is 0 Å². The van der Waals surface area contributed by atoms with Crippen LogP contribution in [0.15, 0.2) is 104 Å². The number of nitrogen functional groups attached to an aromatic ring is 1. The highest BCUT2D eigenvalue weighted by Crippen LogP contribution is 2.33. The monoisotopic (exact) mass is 418 g/mol. The molecule has 2 heterocycles. The largest absolute Gasteiger partial charge is 0.393 e. The third-order valence-corrected chi connectivity index (χ3v) is 5.33. The molecule has 5 rings (SSSR count). The Morgan fingerprint density at radius 3 is 2.06 bits per heavy atom. The summed E-state index contributed by atoms with van der Waals surface area (Å²) in [7, 11) is 0. The van der Waals surface area contributed by atoms with Crippen LogP contribution in [0.1, 0.15) is 17.2 Å². The Bertz CT molecular complexity index is 1290. The minimum atomic E-state index is -0.107. The fraction of sp³-hybridized carbons (Fsp3) is 0.0385. The van der Waals surface area contributed by atoms with Crippen molar-refractivity contribution in [1.29, 1.82) is 0 Å². The van der Waals surface area contributed by atoms with Crippen molar-refractivity contribution in [2.45, 2.75) is 6.04 Å². The number of nitrogens with two attached hydrogens (primary N) is 1. The van der Waals surface area contributed by atoms with Gasteiger partial charge in [-0.2, -0.15) is 0 Å². The smallest absolute Gasteiger partial charge is 0.159 e. The molecule has 0 saturated heterocycles. The van der Waals surface area contributed by atoms with Crippen molar-refractivity contribution in [2.75, 3.05) is 16.4 Å². The van der Waals surface area contributed by atoms with Gasteiger partial charge in [0.05, 0.1) is 11.6 Å². The predicted octanol–water partition coefficient (Wildman–Crippen LogP) is 5.55. The molecule has 0 radical (unpaired) electrons. The molecule has 0 unspecified atom stereocenters. The lowest BCUT2D eigenvalue weighted by molar-refractivity contribution is 0.924. The Morgan fingerprint density at radius 2 is 1.34 bits per heavy atom. The maximum Gasteiger partial charge on any atom is 0.159 e. The van der Waals surface area contributed by atoms with E-state index in [2.05, 4.69) is 49.9 Å². The first-order chi connectivity index (χ1) is 15.8. The van der Waals surface area contributed by atoms with E-state index in [9.17, 15) is 0 Å². The van der Waals surface area contributed by atoms with Crippen molar-refractivity contribution in [1.82, 2.24) is 15.0 Å². The quantitative estimate of drug-likeness (QED) is 0.335.